The number of aromatic nitrogens is 2. The van der Waals surface area contributed by atoms with Crippen molar-refractivity contribution >= 4 is 32.7 Å². The van der Waals surface area contributed by atoms with E-state index in [2.05, 4.69) is 32.3 Å². The molecule has 3 rings (SSSR count). The first-order chi connectivity index (χ1) is 11.9. The molecule has 128 valence electrons. The summed E-state index contributed by atoms with van der Waals surface area (Å²) in [6, 6.07) is 11.4. The second-order valence-electron chi connectivity index (χ2n) is 6.05. The van der Waals surface area contributed by atoms with Gasteiger partial charge in [-0.15, -0.1) is 0 Å². The quantitative estimate of drug-likeness (QED) is 0.732. The van der Waals surface area contributed by atoms with Gasteiger partial charge in [-0.1, -0.05) is 39.7 Å². The highest BCUT2D eigenvalue weighted by atomic mass is 79.9. The molecule has 1 amide bonds. The molecule has 0 radical (unpaired) electrons. The molecule has 0 bridgehead atoms. The van der Waals surface area contributed by atoms with Gasteiger partial charge in [0.25, 0.3) is 5.56 Å². The molecule has 0 aliphatic carbocycles. The van der Waals surface area contributed by atoms with Gasteiger partial charge < -0.3 is 5.32 Å². The number of nitrogens with zero attached hydrogens (tertiary/aromatic N) is 2. The topological polar surface area (TPSA) is 64.0 Å². The lowest BCUT2D eigenvalue weighted by atomic mass is 10.1. The van der Waals surface area contributed by atoms with Crippen molar-refractivity contribution in [3.8, 4) is 0 Å². The van der Waals surface area contributed by atoms with Gasteiger partial charge in [0.2, 0.25) is 5.91 Å². The summed E-state index contributed by atoms with van der Waals surface area (Å²) in [5, 5.41) is 3.34. The van der Waals surface area contributed by atoms with Gasteiger partial charge in [-0.25, -0.2) is 4.98 Å². The van der Waals surface area contributed by atoms with Crippen LogP contribution in [0.15, 0.2) is 52.0 Å². The van der Waals surface area contributed by atoms with Crippen molar-refractivity contribution in [1.82, 2.24) is 14.9 Å². The van der Waals surface area contributed by atoms with Crippen molar-refractivity contribution in [3.63, 3.8) is 0 Å². The van der Waals surface area contributed by atoms with E-state index >= 15 is 0 Å². The first-order valence-electron chi connectivity index (χ1n) is 7.91. The Bertz CT molecular complexity index is 1010. The molecule has 0 saturated heterocycles. The molecule has 0 aliphatic heterocycles. The van der Waals surface area contributed by atoms with E-state index in [-0.39, 0.29) is 18.0 Å². The van der Waals surface area contributed by atoms with Gasteiger partial charge in [-0.05, 0) is 43.2 Å². The fourth-order valence-corrected chi connectivity index (χ4v) is 3.05. The minimum atomic E-state index is -0.229. The van der Waals surface area contributed by atoms with Gasteiger partial charge in [0.15, 0.2) is 0 Å². The average Bonchev–Trinajstić information content (AvgIpc) is 2.57. The number of carbonyl (C=O) groups is 1. The van der Waals surface area contributed by atoms with Crippen molar-refractivity contribution in [2.45, 2.75) is 26.9 Å². The van der Waals surface area contributed by atoms with Crippen molar-refractivity contribution in [3.05, 3.63) is 74.2 Å². The van der Waals surface area contributed by atoms with E-state index in [0.29, 0.717) is 17.4 Å². The number of fused-ring (bicyclic) bond motifs is 1. The van der Waals surface area contributed by atoms with E-state index in [0.717, 1.165) is 15.6 Å². The third kappa shape index (κ3) is 3.96. The summed E-state index contributed by atoms with van der Waals surface area (Å²) in [5.74, 6) is -0.224. The van der Waals surface area contributed by atoms with E-state index in [1.807, 2.05) is 32.0 Å². The zero-order valence-electron chi connectivity index (χ0n) is 14.0. The summed E-state index contributed by atoms with van der Waals surface area (Å²) < 4.78 is 2.13. The summed E-state index contributed by atoms with van der Waals surface area (Å²) in [7, 11) is 0. The predicted octanol–water partition coefficient (Wildman–Crippen LogP) is 3.09. The van der Waals surface area contributed by atoms with Crippen molar-refractivity contribution in [2.24, 2.45) is 0 Å². The molecule has 25 heavy (non-hydrogen) atoms. The number of nitrogens with one attached hydrogen (secondary N) is 1. The molecule has 1 heterocycles. The minimum Gasteiger partial charge on any atom is -0.350 e. The number of amides is 1. The Labute approximate surface area is 153 Å². The van der Waals surface area contributed by atoms with Gasteiger partial charge in [0, 0.05) is 11.0 Å². The summed E-state index contributed by atoms with van der Waals surface area (Å²) in [5.41, 5.74) is 3.77. The van der Waals surface area contributed by atoms with Gasteiger partial charge in [-0.3, -0.25) is 14.2 Å². The second kappa shape index (κ2) is 7.19. The van der Waals surface area contributed by atoms with Crippen LogP contribution in [0.5, 0.6) is 0 Å². The molecule has 0 spiro atoms. The normalized spacial score (nSPS) is 10.8. The molecule has 1 aromatic heterocycles. The molecule has 1 N–H and O–H groups in total. The lowest BCUT2D eigenvalue weighted by Gasteiger charge is -2.10. The Morgan fingerprint density at radius 3 is 2.76 bits per heavy atom. The average molecular weight is 400 g/mol. The zero-order valence-corrected chi connectivity index (χ0v) is 15.6. The van der Waals surface area contributed by atoms with E-state index < -0.39 is 0 Å². The number of hydrogen-bond acceptors (Lipinski definition) is 3. The van der Waals surface area contributed by atoms with Crippen LogP contribution in [-0.4, -0.2) is 15.5 Å². The molecular weight excluding hydrogens is 382 g/mol. The van der Waals surface area contributed by atoms with Crippen LogP contribution in [0.25, 0.3) is 10.9 Å². The molecule has 3 aromatic rings. The number of rotatable bonds is 4. The van der Waals surface area contributed by atoms with Crippen molar-refractivity contribution in [2.75, 3.05) is 0 Å². The Morgan fingerprint density at radius 2 is 2.00 bits per heavy atom. The standard InChI is InChI=1S/C19H18BrN3O2/c1-12-3-4-14(13(2)7-12)9-21-18(24)10-23-11-22-17-6-5-15(20)8-16(17)19(23)25/h3-8,11H,9-10H2,1-2H3,(H,21,24). The smallest absolute Gasteiger partial charge is 0.261 e. The Kier molecular flexibility index (Phi) is 4.99. The molecule has 0 atom stereocenters. The fraction of sp³-hybridized carbons (Fsp3) is 0.211. The maximum absolute atomic E-state index is 12.5. The van der Waals surface area contributed by atoms with Crippen LogP contribution < -0.4 is 10.9 Å². The highest BCUT2D eigenvalue weighted by Crippen LogP contribution is 2.14. The predicted molar refractivity (Wildman–Crippen MR) is 101 cm³/mol. The third-order valence-electron chi connectivity index (χ3n) is 4.07. The highest BCUT2D eigenvalue weighted by molar-refractivity contribution is 9.10. The van der Waals surface area contributed by atoms with Crippen LogP contribution in [0.1, 0.15) is 16.7 Å². The summed E-state index contributed by atoms with van der Waals surface area (Å²) >= 11 is 3.35. The van der Waals surface area contributed by atoms with E-state index in [4.69, 9.17) is 0 Å². The molecule has 0 saturated carbocycles. The maximum Gasteiger partial charge on any atom is 0.261 e. The molecule has 0 unspecified atom stereocenters. The number of benzene rings is 2. The van der Waals surface area contributed by atoms with Crippen LogP contribution >= 0.6 is 15.9 Å². The first-order valence-corrected chi connectivity index (χ1v) is 8.71. The molecule has 6 heteroatoms. The van der Waals surface area contributed by atoms with E-state index in [9.17, 15) is 9.59 Å². The SMILES string of the molecule is Cc1ccc(CNC(=O)Cn2cnc3ccc(Br)cc3c2=O)c(C)c1. The molecular formula is C19H18BrN3O2. The van der Waals surface area contributed by atoms with E-state index in [1.165, 1.54) is 16.5 Å². The van der Waals surface area contributed by atoms with Crippen LogP contribution in [0, 0.1) is 13.8 Å². The highest BCUT2D eigenvalue weighted by Gasteiger charge is 2.09. The van der Waals surface area contributed by atoms with Gasteiger partial charge in [0.05, 0.1) is 17.2 Å². The van der Waals surface area contributed by atoms with Crippen LogP contribution in [0.2, 0.25) is 0 Å². The zero-order chi connectivity index (χ0) is 18.0. The van der Waals surface area contributed by atoms with Crippen LogP contribution in [-0.2, 0) is 17.9 Å². The van der Waals surface area contributed by atoms with Crippen LogP contribution in [0.4, 0.5) is 0 Å². The molecule has 0 aliphatic rings. The summed E-state index contributed by atoms with van der Waals surface area (Å²) in [6.45, 7) is 4.43. The lowest BCUT2D eigenvalue weighted by Crippen LogP contribution is -2.32. The molecule has 2 aromatic carbocycles. The largest absolute Gasteiger partial charge is 0.350 e. The van der Waals surface area contributed by atoms with Crippen LogP contribution in [0.3, 0.4) is 0 Å². The van der Waals surface area contributed by atoms with Crippen molar-refractivity contribution < 1.29 is 4.79 Å². The fourth-order valence-electron chi connectivity index (χ4n) is 2.69. The minimum absolute atomic E-state index is 0.0564. The summed E-state index contributed by atoms with van der Waals surface area (Å²) in [4.78, 5) is 29.0. The van der Waals surface area contributed by atoms with Gasteiger partial charge in [0.1, 0.15) is 6.54 Å². The third-order valence-corrected chi connectivity index (χ3v) is 4.57. The molecule has 5 nitrogen and oxygen atoms in total. The van der Waals surface area contributed by atoms with Gasteiger partial charge in [-0.2, -0.15) is 0 Å². The summed E-state index contributed by atoms with van der Waals surface area (Å²) in [6.07, 6.45) is 1.41. The Morgan fingerprint density at radius 1 is 1.20 bits per heavy atom. The monoisotopic (exact) mass is 399 g/mol. The Balaban J connectivity index is 1.73. The van der Waals surface area contributed by atoms with E-state index in [1.54, 1.807) is 12.1 Å². The van der Waals surface area contributed by atoms with Crippen molar-refractivity contribution in [1.29, 1.82) is 0 Å². The molecule has 0 fully saturated rings. The lowest BCUT2D eigenvalue weighted by molar-refractivity contribution is -0.121. The second-order valence-corrected chi connectivity index (χ2v) is 6.96. The number of aryl methyl sites for hydroxylation is 2. The maximum atomic E-state index is 12.5. The first kappa shape index (κ1) is 17.4. The number of carbonyl (C=O) groups excluding carboxylic acids is 1. The number of hydrogen-bond donors (Lipinski definition) is 1. The Hall–Kier alpha value is -2.47. The number of halogens is 1. The van der Waals surface area contributed by atoms with Gasteiger partial charge >= 0.3 is 0 Å².